The average Bonchev–Trinajstić information content (AvgIpc) is 3.32. The van der Waals surface area contributed by atoms with Crippen molar-refractivity contribution in [2.24, 2.45) is 0 Å². The first-order valence-electron chi connectivity index (χ1n) is 15.0. The van der Waals surface area contributed by atoms with Crippen molar-refractivity contribution in [3.05, 3.63) is 88.8 Å². The first kappa shape index (κ1) is 31.7. The SMILES string of the molecule is Cc1cc(-c2c(Br)c3ccc(-c4ccc(N5CCN(C(=O)OC(C)(C)C)CC5)nc4)nc3n2S(=O)(=O)c2ccccc2)cc(C)n1. The number of ether oxygens (including phenoxy) is 1. The maximum atomic E-state index is 14.3. The van der Waals surface area contributed by atoms with Crippen molar-refractivity contribution in [2.45, 2.75) is 45.1 Å². The van der Waals surface area contributed by atoms with Crippen LogP contribution in [-0.2, 0) is 14.8 Å². The van der Waals surface area contributed by atoms with E-state index in [9.17, 15) is 13.2 Å². The number of carbonyl (C=O) groups excluding carboxylic acids is 1. The molecule has 10 nitrogen and oxygen atoms in total. The van der Waals surface area contributed by atoms with Crippen molar-refractivity contribution >= 4 is 48.9 Å². The fraction of sp³-hybridized carbons (Fsp3) is 0.294. The molecule has 0 saturated carbocycles. The molecule has 6 rings (SSSR count). The fourth-order valence-corrected chi connectivity index (χ4v) is 7.92. The zero-order valence-electron chi connectivity index (χ0n) is 26.4. The first-order valence-corrected chi connectivity index (χ1v) is 17.2. The summed E-state index contributed by atoms with van der Waals surface area (Å²) < 4.78 is 36.0. The molecule has 1 fully saturated rings. The van der Waals surface area contributed by atoms with E-state index in [1.807, 2.05) is 71.0 Å². The van der Waals surface area contributed by atoms with Crippen LogP contribution in [0.15, 0.2) is 82.3 Å². The van der Waals surface area contributed by atoms with Crippen LogP contribution in [-0.4, -0.2) is 70.1 Å². The summed E-state index contributed by atoms with van der Waals surface area (Å²) in [7, 11) is -4.05. The van der Waals surface area contributed by atoms with Gasteiger partial charge in [0.25, 0.3) is 10.0 Å². The quantitative estimate of drug-likeness (QED) is 0.196. The molecule has 0 bridgehead atoms. The van der Waals surface area contributed by atoms with Crippen LogP contribution in [0.3, 0.4) is 0 Å². The molecule has 5 aromatic rings. The third kappa shape index (κ3) is 6.23. The predicted molar refractivity (Wildman–Crippen MR) is 182 cm³/mol. The maximum Gasteiger partial charge on any atom is 0.410 e. The second kappa shape index (κ2) is 12.1. The van der Waals surface area contributed by atoms with Crippen molar-refractivity contribution in [3.8, 4) is 22.5 Å². The lowest BCUT2D eigenvalue weighted by Crippen LogP contribution is -2.50. The van der Waals surface area contributed by atoms with Gasteiger partial charge in [0.15, 0.2) is 5.65 Å². The Kier molecular flexibility index (Phi) is 8.36. The summed E-state index contributed by atoms with van der Waals surface area (Å²) in [6.07, 6.45) is 1.44. The molecule has 238 valence electrons. The highest BCUT2D eigenvalue weighted by atomic mass is 79.9. The van der Waals surface area contributed by atoms with Gasteiger partial charge in [0.1, 0.15) is 11.4 Å². The fourth-order valence-electron chi connectivity index (χ4n) is 5.57. The molecule has 0 radical (unpaired) electrons. The lowest BCUT2D eigenvalue weighted by Gasteiger charge is -2.36. The Labute approximate surface area is 277 Å². The van der Waals surface area contributed by atoms with Crippen LogP contribution in [0.5, 0.6) is 0 Å². The van der Waals surface area contributed by atoms with Crippen molar-refractivity contribution in [3.63, 3.8) is 0 Å². The molecule has 12 heteroatoms. The molecule has 0 unspecified atom stereocenters. The van der Waals surface area contributed by atoms with Gasteiger partial charge in [0.2, 0.25) is 0 Å². The van der Waals surface area contributed by atoms with E-state index in [0.29, 0.717) is 58.6 Å². The molecular formula is C34H35BrN6O4S. The molecule has 5 heterocycles. The van der Waals surface area contributed by atoms with Gasteiger partial charge in [0, 0.05) is 60.3 Å². The van der Waals surface area contributed by atoms with Crippen LogP contribution in [0, 0.1) is 13.8 Å². The molecule has 1 saturated heterocycles. The molecule has 1 aliphatic rings. The lowest BCUT2D eigenvalue weighted by atomic mass is 10.1. The zero-order chi connectivity index (χ0) is 32.8. The van der Waals surface area contributed by atoms with E-state index in [0.717, 1.165) is 22.8 Å². The second-order valence-electron chi connectivity index (χ2n) is 12.3. The predicted octanol–water partition coefficient (Wildman–Crippen LogP) is 6.83. The normalized spacial score (nSPS) is 14.1. The monoisotopic (exact) mass is 702 g/mol. The Bertz CT molecular complexity index is 2010. The largest absolute Gasteiger partial charge is 0.444 e. The molecule has 0 N–H and O–H groups in total. The van der Waals surface area contributed by atoms with Crippen LogP contribution < -0.4 is 4.90 Å². The minimum atomic E-state index is -4.05. The Morgan fingerprint density at radius 3 is 2.15 bits per heavy atom. The summed E-state index contributed by atoms with van der Waals surface area (Å²) >= 11 is 3.72. The standard InChI is InChI=1S/C34H35BrN6O4S/c1-22-19-25(20-23(2)37-22)31-30(35)27-12-13-28(38-32(27)41(31)46(43,44)26-9-7-6-8-10-26)24-11-14-29(36-21-24)39-15-17-40(18-16-39)33(42)45-34(3,4)5/h6-14,19-21H,15-18H2,1-5H3. The van der Waals surface area contributed by atoms with Gasteiger partial charge in [-0.2, -0.15) is 0 Å². The van der Waals surface area contributed by atoms with E-state index in [1.54, 1.807) is 41.4 Å². The van der Waals surface area contributed by atoms with E-state index in [-0.39, 0.29) is 11.0 Å². The number of halogens is 1. The van der Waals surface area contributed by atoms with Crippen LogP contribution >= 0.6 is 15.9 Å². The van der Waals surface area contributed by atoms with Crippen molar-refractivity contribution < 1.29 is 17.9 Å². The zero-order valence-corrected chi connectivity index (χ0v) is 28.8. The highest BCUT2D eigenvalue weighted by Crippen LogP contribution is 2.40. The minimum absolute atomic E-state index is 0.160. The van der Waals surface area contributed by atoms with Gasteiger partial charge in [-0.05, 0) is 99.1 Å². The van der Waals surface area contributed by atoms with Crippen LogP contribution in [0.2, 0.25) is 0 Å². The molecule has 46 heavy (non-hydrogen) atoms. The van der Waals surface area contributed by atoms with Crippen molar-refractivity contribution in [1.29, 1.82) is 0 Å². The Morgan fingerprint density at radius 1 is 0.870 bits per heavy atom. The summed E-state index contributed by atoms with van der Waals surface area (Å²) in [4.78, 5) is 30.6. The molecule has 0 aliphatic carbocycles. The van der Waals surface area contributed by atoms with E-state index in [4.69, 9.17) is 14.7 Å². The van der Waals surface area contributed by atoms with Gasteiger partial charge >= 0.3 is 6.09 Å². The van der Waals surface area contributed by atoms with Gasteiger partial charge in [-0.25, -0.2) is 27.2 Å². The average molecular weight is 704 g/mol. The third-order valence-corrected chi connectivity index (χ3v) is 10.2. The molecule has 1 amide bonds. The molecule has 1 aromatic carbocycles. The summed E-state index contributed by atoms with van der Waals surface area (Å²) in [6.45, 7) is 11.7. The highest BCUT2D eigenvalue weighted by molar-refractivity contribution is 9.10. The summed E-state index contributed by atoms with van der Waals surface area (Å²) in [5.74, 6) is 0.789. The maximum absolute atomic E-state index is 14.3. The number of hydrogen-bond donors (Lipinski definition) is 0. The number of piperazine rings is 1. The molecule has 1 aliphatic heterocycles. The van der Waals surface area contributed by atoms with Gasteiger partial charge in [0.05, 0.1) is 20.8 Å². The van der Waals surface area contributed by atoms with Crippen molar-refractivity contribution in [2.75, 3.05) is 31.1 Å². The summed E-state index contributed by atoms with van der Waals surface area (Å²) in [5.41, 5.74) is 3.86. The number of aromatic nitrogens is 4. The van der Waals surface area contributed by atoms with Crippen LogP contribution in [0.25, 0.3) is 33.5 Å². The molecule has 4 aromatic heterocycles. The van der Waals surface area contributed by atoms with Crippen LogP contribution in [0.1, 0.15) is 32.2 Å². The highest BCUT2D eigenvalue weighted by Gasteiger charge is 2.29. The number of fused-ring (bicyclic) bond motifs is 1. The summed E-state index contributed by atoms with van der Waals surface area (Å²) in [5, 5.41) is 0.665. The topological polar surface area (TPSA) is 111 Å². The number of hydrogen-bond acceptors (Lipinski definition) is 8. The van der Waals surface area contributed by atoms with E-state index in [2.05, 4.69) is 25.8 Å². The first-order chi connectivity index (χ1) is 21.8. The second-order valence-corrected chi connectivity index (χ2v) is 14.9. The van der Waals surface area contributed by atoms with E-state index >= 15 is 0 Å². The van der Waals surface area contributed by atoms with E-state index < -0.39 is 15.6 Å². The van der Waals surface area contributed by atoms with Crippen LogP contribution in [0.4, 0.5) is 10.6 Å². The van der Waals surface area contributed by atoms with E-state index in [1.165, 1.54) is 3.97 Å². The number of rotatable bonds is 5. The lowest BCUT2D eigenvalue weighted by molar-refractivity contribution is 0.0240. The number of aryl methyl sites for hydroxylation is 2. The molecule has 0 spiro atoms. The third-order valence-electron chi connectivity index (χ3n) is 7.65. The number of benzene rings is 1. The van der Waals surface area contributed by atoms with Gasteiger partial charge in [-0.1, -0.05) is 18.2 Å². The van der Waals surface area contributed by atoms with Gasteiger partial charge < -0.3 is 14.5 Å². The van der Waals surface area contributed by atoms with Crippen molar-refractivity contribution in [1.82, 2.24) is 23.8 Å². The number of amides is 1. The number of pyridine rings is 3. The number of anilines is 1. The Morgan fingerprint density at radius 2 is 1.54 bits per heavy atom. The molecule has 0 atom stereocenters. The van der Waals surface area contributed by atoms with Gasteiger partial charge in [-0.15, -0.1) is 0 Å². The van der Waals surface area contributed by atoms with Gasteiger partial charge in [-0.3, -0.25) is 4.98 Å². The number of nitrogens with zero attached hydrogens (tertiary/aromatic N) is 6. The smallest absolute Gasteiger partial charge is 0.410 e. The Balaban J connectivity index is 1.36. The minimum Gasteiger partial charge on any atom is -0.444 e. The number of carbonyl (C=O) groups is 1. The molecular weight excluding hydrogens is 668 g/mol. The Hall–Kier alpha value is -4.29. The summed E-state index contributed by atoms with van der Waals surface area (Å²) in [6, 6.07) is 19.7.